The summed E-state index contributed by atoms with van der Waals surface area (Å²) < 4.78 is 65.2. The molecule has 16 nitrogen and oxygen atoms in total. The third kappa shape index (κ3) is 6.82. The molecule has 70 heavy (non-hydrogen) atoms. The zero-order chi connectivity index (χ0) is 51.5. The standard InChI is InChI=1S/C52H68F2O16/c1-26-15-31-33-21-37(58)35-18-29(56)19-42(48(35,6)50(33,54)41(61)23-46(31,4)51(26,64)43(62)38(59)24-68-13-11-66-7)70-39(25-69-14-12-67-8)44(63)52(65)27(2)16-30-32-20-36(57)34-17-28(55)9-10-45(34,3)49(32,53)40(60)22-47(30,52)5/h9-10,17-19,26-27,30-33,38-41,59-61,64-65H,11-16,20-25H2,1-8H3/t26?,27?,30-,31-,32-,33-,38?,39?,40?,41?,45-,46-,47-,48+,49-,50-,51-,52-/m0/s1. The number of carbonyl (C=O) groups excluding carboxylic acids is 6. The Morgan fingerprint density at radius 2 is 1.17 bits per heavy atom. The van der Waals surface area contributed by atoms with Gasteiger partial charge in [-0.3, -0.25) is 28.8 Å². The zero-order valence-corrected chi connectivity index (χ0v) is 41.1. The molecule has 386 valence electrons. The van der Waals surface area contributed by atoms with E-state index in [2.05, 4.69) is 0 Å². The van der Waals surface area contributed by atoms with Crippen molar-refractivity contribution in [2.45, 2.75) is 127 Å². The Morgan fingerprint density at radius 3 is 1.73 bits per heavy atom. The Hall–Kier alpha value is -3.72. The molecule has 0 aromatic heterocycles. The normalized spacial score (nSPS) is 45.8. The van der Waals surface area contributed by atoms with E-state index >= 15 is 13.6 Å². The van der Waals surface area contributed by atoms with E-state index in [1.54, 1.807) is 20.8 Å². The van der Waals surface area contributed by atoms with Crippen LogP contribution in [0.5, 0.6) is 0 Å². The van der Waals surface area contributed by atoms with Gasteiger partial charge in [-0.25, -0.2) is 8.78 Å². The van der Waals surface area contributed by atoms with Crippen molar-refractivity contribution < 1.29 is 86.8 Å². The molecule has 5 N–H and O–H groups in total. The van der Waals surface area contributed by atoms with E-state index in [1.807, 2.05) is 0 Å². The average molecular weight is 987 g/mol. The second-order valence-electron chi connectivity index (χ2n) is 22.4. The van der Waals surface area contributed by atoms with Gasteiger partial charge in [-0.05, 0) is 81.4 Å². The van der Waals surface area contributed by atoms with E-state index in [0.29, 0.717) is 0 Å². The molecule has 0 aromatic carbocycles. The Morgan fingerprint density at radius 1 is 0.686 bits per heavy atom. The van der Waals surface area contributed by atoms with Crippen LogP contribution in [0.3, 0.4) is 0 Å². The van der Waals surface area contributed by atoms with Crippen LogP contribution in [0.4, 0.5) is 8.78 Å². The van der Waals surface area contributed by atoms with E-state index in [1.165, 1.54) is 41.1 Å². The van der Waals surface area contributed by atoms with Gasteiger partial charge < -0.3 is 49.2 Å². The molecule has 0 aliphatic heterocycles. The van der Waals surface area contributed by atoms with Crippen molar-refractivity contribution >= 4 is 34.7 Å². The minimum absolute atomic E-state index is 0.0107. The van der Waals surface area contributed by atoms with Gasteiger partial charge in [-0.1, -0.05) is 33.8 Å². The van der Waals surface area contributed by atoms with Gasteiger partial charge in [0, 0.05) is 66.9 Å². The molecule has 18 atom stereocenters. The predicted molar refractivity (Wildman–Crippen MR) is 242 cm³/mol. The summed E-state index contributed by atoms with van der Waals surface area (Å²) in [4.78, 5) is 84.0. The van der Waals surface area contributed by atoms with Gasteiger partial charge in [-0.15, -0.1) is 0 Å². The Balaban J connectivity index is 1.16. The van der Waals surface area contributed by atoms with Crippen molar-refractivity contribution in [3.63, 3.8) is 0 Å². The SMILES string of the molecule is COCCOCC(O)C(=O)[C@@]1(O)C(C)C[C@H]2[C@@H]3CC(=O)C4=CC(=O)C=C(OC(COCCOC)C(=O)[C@@]5(O)C(C)C[C@H]6[C@@H]7CC(=O)C8=CC(=O)C=C[C@]8(C)[C@@]7(F)C(O)C[C@@]65C)[C@]4(C)[C@@]3(F)C(O)C[C@@]21C. The van der Waals surface area contributed by atoms with Crippen molar-refractivity contribution in [3.05, 3.63) is 47.3 Å². The number of fused-ring (bicyclic) bond motifs is 10. The third-order valence-electron chi connectivity index (χ3n) is 19.3. The van der Waals surface area contributed by atoms with Crippen LogP contribution in [0.15, 0.2) is 47.3 Å². The number of ether oxygens (including phenoxy) is 5. The maximum absolute atomic E-state index is 19.2. The molecule has 6 saturated carbocycles. The molecule has 0 saturated heterocycles. The number of allylic oxidation sites excluding steroid dienone is 7. The summed E-state index contributed by atoms with van der Waals surface area (Å²) in [6.45, 7) is 8.06. The number of rotatable bonds is 16. The summed E-state index contributed by atoms with van der Waals surface area (Å²) in [6, 6.07) is 0. The second-order valence-corrected chi connectivity index (χ2v) is 22.4. The Bertz CT molecular complexity index is 2360. The fraction of sp³-hybridized carbons (Fsp3) is 0.731. The highest BCUT2D eigenvalue weighted by Crippen LogP contribution is 2.73. The lowest BCUT2D eigenvalue weighted by Crippen LogP contribution is -2.72. The first kappa shape index (κ1) is 52.6. The summed E-state index contributed by atoms with van der Waals surface area (Å²) in [7, 11) is 2.86. The number of methoxy groups -OCH3 is 2. The van der Waals surface area contributed by atoms with Crippen molar-refractivity contribution in [3.8, 4) is 0 Å². The maximum atomic E-state index is 19.2. The Labute approximate surface area is 405 Å². The van der Waals surface area contributed by atoms with Gasteiger partial charge in [-0.2, -0.15) is 0 Å². The largest absolute Gasteiger partial charge is 0.483 e. The number of hydrogen-bond donors (Lipinski definition) is 5. The molecule has 0 radical (unpaired) electrons. The van der Waals surface area contributed by atoms with Crippen LogP contribution in [0, 0.1) is 57.2 Å². The molecule has 0 bridgehead atoms. The quantitative estimate of drug-likeness (QED) is 0.140. The number of halogens is 2. The smallest absolute Gasteiger partial charge is 0.207 e. The van der Waals surface area contributed by atoms with Crippen molar-refractivity contribution in [1.82, 2.24) is 0 Å². The highest BCUT2D eigenvalue weighted by Gasteiger charge is 2.80. The summed E-state index contributed by atoms with van der Waals surface area (Å²) in [5.41, 5.74) is -17.8. The van der Waals surface area contributed by atoms with Crippen molar-refractivity contribution in [1.29, 1.82) is 0 Å². The van der Waals surface area contributed by atoms with Crippen LogP contribution in [0.1, 0.15) is 80.1 Å². The molecular formula is C52H68F2O16. The van der Waals surface area contributed by atoms with Crippen LogP contribution < -0.4 is 0 Å². The topological polar surface area (TPSA) is 250 Å². The lowest BCUT2D eigenvalue weighted by Gasteiger charge is -2.63. The van der Waals surface area contributed by atoms with Crippen molar-refractivity contribution in [2.24, 2.45) is 57.2 Å². The minimum Gasteiger partial charge on any atom is -0.483 e. The molecule has 0 aromatic rings. The molecule has 0 heterocycles. The average Bonchev–Trinajstić information content (AvgIpc) is 3.63. The van der Waals surface area contributed by atoms with E-state index in [9.17, 15) is 49.5 Å². The minimum atomic E-state index is -2.87. The molecule has 6 fully saturated rings. The highest BCUT2D eigenvalue weighted by atomic mass is 19.1. The molecule has 8 aliphatic carbocycles. The summed E-state index contributed by atoms with van der Waals surface area (Å²) in [5, 5.41) is 61.0. The van der Waals surface area contributed by atoms with Crippen molar-refractivity contribution in [2.75, 3.05) is 53.9 Å². The van der Waals surface area contributed by atoms with E-state index in [-0.39, 0.29) is 50.4 Å². The fourth-order valence-corrected chi connectivity index (χ4v) is 15.6. The molecule has 8 aliphatic rings. The number of ketones is 6. The molecule has 18 heteroatoms. The first-order valence-corrected chi connectivity index (χ1v) is 24.4. The fourth-order valence-electron chi connectivity index (χ4n) is 15.6. The molecule has 6 unspecified atom stereocenters. The lowest BCUT2D eigenvalue weighted by molar-refractivity contribution is -0.229. The van der Waals surface area contributed by atoms with E-state index < -0.39 is 183 Å². The number of aliphatic hydroxyl groups is 5. The van der Waals surface area contributed by atoms with Gasteiger partial charge >= 0.3 is 0 Å². The molecule has 0 amide bonds. The third-order valence-corrected chi connectivity index (χ3v) is 19.3. The number of hydrogen-bond acceptors (Lipinski definition) is 16. The van der Waals surface area contributed by atoms with Gasteiger partial charge in [0.2, 0.25) is 5.78 Å². The monoisotopic (exact) mass is 986 g/mol. The maximum Gasteiger partial charge on any atom is 0.207 e. The predicted octanol–water partition coefficient (Wildman–Crippen LogP) is 2.58. The van der Waals surface area contributed by atoms with Gasteiger partial charge in [0.1, 0.15) is 23.1 Å². The van der Waals surface area contributed by atoms with E-state index in [4.69, 9.17) is 23.7 Å². The zero-order valence-electron chi connectivity index (χ0n) is 41.1. The number of carbonyl (C=O) groups is 6. The van der Waals surface area contributed by atoms with Crippen LogP contribution in [-0.4, -0.2) is 161 Å². The summed E-state index contributed by atoms with van der Waals surface area (Å²) in [6.07, 6.45) is -4.11. The summed E-state index contributed by atoms with van der Waals surface area (Å²) in [5.74, 6) is -11.4. The van der Waals surface area contributed by atoms with E-state index in [0.717, 1.165) is 24.3 Å². The molecular weight excluding hydrogens is 919 g/mol. The first-order chi connectivity index (χ1) is 32.7. The van der Waals surface area contributed by atoms with Gasteiger partial charge in [0.05, 0.1) is 62.7 Å². The van der Waals surface area contributed by atoms with Crippen LogP contribution in [0.25, 0.3) is 0 Å². The molecule has 8 rings (SSSR count). The van der Waals surface area contributed by atoms with Crippen LogP contribution in [0.2, 0.25) is 0 Å². The lowest BCUT2D eigenvalue weighted by atomic mass is 9.44. The van der Waals surface area contributed by atoms with Crippen LogP contribution >= 0.6 is 0 Å². The van der Waals surface area contributed by atoms with Gasteiger partial charge in [0.25, 0.3) is 0 Å². The Kier molecular flexibility index (Phi) is 13.3. The molecule has 0 spiro atoms. The first-order valence-electron chi connectivity index (χ1n) is 24.4. The van der Waals surface area contributed by atoms with Crippen LogP contribution in [-0.2, 0) is 52.5 Å². The summed E-state index contributed by atoms with van der Waals surface area (Å²) >= 11 is 0. The number of alkyl halides is 2. The number of aliphatic hydroxyl groups excluding tert-OH is 3. The highest BCUT2D eigenvalue weighted by molar-refractivity contribution is 6.12. The number of Topliss-reactive ketones (excluding diaryl/α,β-unsaturated/α-hetero) is 4. The van der Waals surface area contributed by atoms with Gasteiger partial charge in [0.15, 0.2) is 46.4 Å². The second kappa shape index (κ2) is 17.7.